The molecule has 110 valence electrons. The molecule has 1 heterocycles. The second kappa shape index (κ2) is 6.21. The molecule has 0 spiro atoms. The maximum atomic E-state index is 5.20. The molecule has 0 saturated heterocycles. The quantitative estimate of drug-likeness (QED) is 0.905. The number of methoxy groups -OCH3 is 1. The summed E-state index contributed by atoms with van der Waals surface area (Å²) in [6, 6.07) is 15.9. The van der Waals surface area contributed by atoms with Gasteiger partial charge in [-0.05, 0) is 67.5 Å². The van der Waals surface area contributed by atoms with Crippen molar-refractivity contribution in [3.8, 4) is 5.75 Å². The minimum absolute atomic E-state index is 0.600. The molecule has 0 fully saturated rings. The molecule has 0 bridgehead atoms. The van der Waals surface area contributed by atoms with E-state index in [0.717, 1.165) is 18.6 Å². The molecule has 0 aromatic heterocycles. The summed E-state index contributed by atoms with van der Waals surface area (Å²) in [7, 11) is 1.71. The molecule has 1 aliphatic rings. The summed E-state index contributed by atoms with van der Waals surface area (Å²) in [5.74, 6) is 0.924. The van der Waals surface area contributed by atoms with Crippen molar-refractivity contribution in [1.82, 2.24) is 0 Å². The van der Waals surface area contributed by atoms with Crippen molar-refractivity contribution in [2.75, 3.05) is 12.4 Å². The topological polar surface area (TPSA) is 21.3 Å². The van der Waals surface area contributed by atoms with E-state index in [2.05, 4.69) is 42.6 Å². The maximum absolute atomic E-state index is 5.20. The van der Waals surface area contributed by atoms with Gasteiger partial charge < -0.3 is 10.1 Å². The van der Waals surface area contributed by atoms with Crippen LogP contribution >= 0.6 is 0 Å². The van der Waals surface area contributed by atoms with Gasteiger partial charge in [0.1, 0.15) is 5.75 Å². The van der Waals surface area contributed by atoms with Crippen LogP contribution in [0, 0.1) is 0 Å². The summed E-state index contributed by atoms with van der Waals surface area (Å²) in [4.78, 5) is 0. The van der Waals surface area contributed by atoms with Crippen LogP contribution in [-0.2, 0) is 19.3 Å². The molecule has 0 radical (unpaired) electrons. The molecule has 1 N–H and O–H groups in total. The standard InChI is InChI=1S/C19H23NO/c1-14-3-9-17-13-16(8-12-19(17)20-14)5-4-15-6-10-18(21-2)11-7-15/h6-8,10-14,20H,3-5,9H2,1-2H3. The predicted octanol–water partition coefficient (Wildman–Crippen LogP) is 4.23. The van der Waals surface area contributed by atoms with Gasteiger partial charge in [-0.2, -0.15) is 0 Å². The molecule has 0 aliphatic carbocycles. The molecule has 21 heavy (non-hydrogen) atoms. The third-order valence-electron chi connectivity index (χ3n) is 4.28. The highest BCUT2D eigenvalue weighted by Crippen LogP contribution is 2.26. The Morgan fingerprint density at radius 1 is 1.05 bits per heavy atom. The zero-order valence-electron chi connectivity index (χ0n) is 12.9. The highest BCUT2D eigenvalue weighted by molar-refractivity contribution is 5.55. The molecule has 2 heteroatoms. The zero-order valence-corrected chi connectivity index (χ0v) is 12.9. The van der Waals surface area contributed by atoms with Crippen molar-refractivity contribution < 1.29 is 4.74 Å². The number of hydrogen-bond donors (Lipinski definition) is 1. The van der Waals surface area contributed by atoms with E-state index >= 15 is 0 Å². The molecule has 0 amide bonds. The summed E-state index contributed by atoms with van der Waals surface area (Å²) in [6.07, 6.45) is 4.59. The van der Waals surface area contributed by atoms with E-state index in [1.54, 1.807) is 7.11 Å². The molecule has 2 aromatic rings. The fourth-order valence-corrected chi connectivity index (χ4v) is 2.94. The fraction of sp³-hybridized carbons (Fsp3) is 0.368. The number of hydrogen-bond acceptors (Lipinski definition) is 2. The molecule has 1 atom stereocenters. The van der Waals surface area contributed by atoms with Gasteiger partial charge in [0, 0.05) is 11.7 Å². The normalized spacial score (nSPS) is 17.0. The van der Waals surface area contributed by atoms with Crippen LogP contribution in [0.25, 0.3) is 0 Å². The Kier molecular flexibility index (Phi) is 4.14. The monoisotopic (exact) mass is 281 g/mol. The van der Waals surface area contributed by atoms with Gasteiger partial charge in [0.15, 0.2) is 0 Å². The molecule has 3 rings (SSSR count). The summed E-state index contributed by atoms with van der Waals surface area (Å²) in [5.41, 5.74) is 5.59. The van der Waals surface area contributed by atoms with Gasteiger partial charge in [-0.25, -0.2) is 0 Å². The SMILES string of the molecule is COc1ccc(CCc2ccc3c(c2)CCC(C)N3)cc1. The first-order chi connectivity index (χ1) is 10.2. The Balaban J connectivity index is 1.65. The molecule has 1 aliphatic heterocycles. The Bertz CT molecular complexity index is 603. The third-order valence-corrected chi connectivity index (χ3v) is 4.28. The van der Waals surface area contributed by atoms with Gasteiger partial charge in [0.05, 0.1) is 7.11 Å². The van der Waals surface area contributed by atoms with Crippen LogP contribution in [0.2, 0.25) is 0 Å². The number of rotatable bonds is 4. The van der Waals surface area contributed by atoms with Crippen LogP contribution in [0.15, 0.2) is 42.5 Å². The van der Waals surface area contributed by atoms with Gasteiger partial charge in [-0.1, -0.05) is 24.3 Å². The Hall–Kier alpha value is -1.96. The van der Waals surface area contributed by atoms with Gasteiger partial charge >= 0.3 is 0 Å². The molecule has 2 nitrogen and oxygen atoms in total. The average molecular weight is 281 g/mol. The van der Waals surface area contributed by atoms with Crippen LogP contribution in [-0.4, -0.2) is 13.2 Å². The lowest BCUT2D eigenvalue weighted by atomic mass is 9.95. The number of aryl methyl sites for hydroxylation is 3. The third kappa shape index (κ3) is 3.38. The van der Waals surface area contributed by atoms with Crippen molar-refractivity contribution in [2.45, 2.75) is 38.6 Å². The van der Waals surface area contributed by atoms with Gasteiger partial charge in [-0.15, -0.1) is 0 Å². The Morgan fingerprint density at radius 3 is 2.52 bits per heavy atom. The molecular weight excluding hydrogens is 258 g/mol. The first-order valence-electron chi connectivity index (χ1n) is 7.76. The van der Waals surface area contributed by atoms with Crippen molar-refractivity contribution >= 4 is 5.69 Å². The molecule has 1 unspecified atom stereocenters. The van der Waals surface area contributed by atoms with E-state index in [1.807, 2.05) is 12.1 Å². The number of benzene rings is 2. The van der Waals surface area contributed by atoms with Gasteiger partial charge in [0.2, 0.25) is 0 Å². The van der Waals surface area contributed by atoms with Crippen molar-refractivity contribution in [3.63, 3.8) is 0 Å². The van der Waals surface area contributed by atoms with E-state index in [4.69, 9.17) is 4.74 Å². The number of nitrogens with one attached hydrogen (secondary N) is 1. The second-order valence-corrected chi connectivity index (χ2v) is 5.92. The molecular formula is C19H23NO. The van der Waals surface area contributed by atoms with Crippen LogP contribution in [0.1, 0.15) is 30.0 Å². The smallest absolute Gasteiger partial charge is 0.118 e. The second-order valence-electron chi connectivity index (χ2n) is 5.92. The lowest BCUT2D eigenvalue weighted by Crippen LogP contribution is -2.21. The zero-order chi connectivity index (χ0) is 14.7. The lowest BCUT2D eigenvalue weighted by molar-refractivity contribution is 0.414. The van der Waals surface area contributed by atoms with E-state index < -0.39 is 0 Å². The summed E-state index contributed by atoms with van der Waals surface area (Å²) < 4.78 is 5.20. The van der Waals surface area contributed by atoms with E-state index in [-0.39, 0.29) is 0 Å². The minimum atomic E-state index is 0.600. The predicted molar refractivity (Wildman–Crippen MR) is 88.2 cm³/mol. The molecule has 0 saturated carbocycles. The van der Waals surface area contributed by atoms with Crippen LogP contribution < -0.4 is 10.1 Å². The fourth-order valence-electron chi connectivity index (χ4n) is 2.94. The highest BCUT2D eigenvalue weighted by atomic mass is 16.5. The van der Waals surface area contributed by atoms with Crippen molar-refractivity contribution in [2.24, 2.45) is 0 Å². The van der Waals surface area contributed by atoms with Crippen LogP contribution in [0.3, 0.4) is 0 Å². The average Bonchev–Trinajstić information content (AvgIpc) is 2.53. The maximum Gasteiger partial charge on any atom is 0.118 e. The summed E-state index contributed by atoms with van der Waals surface area (Å²) in [5, 5.41) is 3.56. The molecule has 2 aromatic carbocycles. The van der Waals surface area contributed by atoms with Crippen LogP contribution in [0.5, 0.6) is 5.75 Å². The van der Waals surface area contributed by atoms with E-state index in [1.165, 1.54) is 35.2 Å². The van der Waals surface area contributed by atoms with E-state index in [9.17, 15) is 0 Å². The van der Waals surface area contributed by atoms with Gasteiger partial charge in [-0.3, -0.25) is 0 Å². The van der Waals surface area contributed by atoms with E-state index in [0.29, 0.717) is 6.04 Å². The minimum Gasteiger partial charge on any atom is -0.497 e. The highest BCUT2D eigenvalue weighted by Gasteiger charge is 2.13. The van der Waals surface area contributed by atoms with Crippen LogP contribution in [0.4, 0.5) is 5.69 Å². The number of ether oxygens (including phenoxy) is 1. The lowest BCUT2D eigenvalue weighted by Gasteiger charge is -2.24. The number of fused-ring (bicyclic) bond motifs is 1. The first-order valence-corrected chi connectivity index (χ1v) is 7.76. The van der Waals surface area contributed by atoms with Crippen molar-refractivity contribution in [1.29, 1.82) is 0 Å². The first kappa shape index (κ1) is 14.0. The largest absolute Gasteiger partial charge is 0.497 e. The summed E-state index contributed by atoms with van der Waals surface area (Å²) in [6.45, 7) is 2.25. The van der Waals surface area contributed by atoms with Gasteiger partial charge in [0.25, 0.3) is 0 Å². The summed E-state index contributed by atoms with van der Waals surface area (Å²) >= 11 is 0. The number of anilines is 1. The van der Waals surface area contributed by atoms with Crippen molar-refractivity contribution in [3.05, 3.63) is 59.2 Å². The Morgan fingerprint density at radius 2 is 1.76 bits per heavy atom. The Labute approximate surface area is 127 Å².